The van der Waals surface area contributed by atoms with Gasteiger partial charge in [-0.3, -0.25) is 0 Å². The molecule has 1 atom stereocenters. The molecule has 2 amide bonds. The lowest BCUT2D eigenvalue weighted by Crippen LogP contribution is -2.50. The van der Waals surface area contributed by atoms with E-state index in [1.165, 1.54) is 6.42 Å². The van der Waals surface area contributed by atoms with Crippen LogP contribution in [0.15, 0.2) is 0 Å². The molecule has 1 unspecified atom stereocenters. The third-order valence-corrected chi connectivity index (χ3v) is 3.65. The molecular formula is C12H23N3O. The maximum absolute atomic E-state index is 12.0. The van der Waals surface area contributed by atoms with Crippen LogP contribution in [0.5, 0.6) is 0 Å². The zero-order chi connectivity index (χ0) is 11.5. The molecule has 92 valence electrons. The second-order valence-corrected chi connectivity index (χ2v) is 5.33. The zero-order valence-corrected chi connectivity index (χ0v) is 10.4. The fourth-order valence-corrected chi connectivity index (χ4v) is 2.52. The van der Waals surface area contributed by atoms with Gasteiger partial charge in [-0.25, -0.2) is 4.79 Å². The molecule has 2 aliphatic rings. The van der Waals surface area contributed by atoms with E-state index in [1.54, 1.807) is 0 Å². The number of nitrogens with zero attached hydrogens (tertiary/aromatic N) is 2. The normalized spacial score (nSPS) is 25.9. The molecule has 1 saturated heterocycles. The summed E-state index contributed by atoms with van der Waals surface area (Å²) in [6.45, 7) is 1.91. The number of amides is 2. The summed E-state index contributed by atoms with van der Waals surface area (Å²) >= 11 is 0. The van der Waals surface area contributed by atoms with E-state index >= 15 is 0 Å². The summed E-state index contributed by atoms with van der Waals surface area (Å²) in [5, 5.41) is 3.13. The lowest BCUT2D eigenvalue weighted by atomic mass is 9.93. The van der Waals surface area contributed by atoms with E-state index in [4.69, 9.17) is 0 Å². The Morgan fingerprint density at radius 2 is 2.06 bits per heavy atom. The van der Waals surface area contributed by atoms with Crippen molar-refractivity contribution in [3.63, 3.8) is 0 Å². The minimum absolute atomic E-state index is 0.161. The summed E-state index contributed by atoms with van der Waals surface area (Å²) in [4.78, 5) is 16.2. The molecule has 2 rings (SSSR count). The quantitative estimate of drug-likeness (QED) is 0.785. The van der Waals surface area contributed by atoms with Gasteiger partial charge in [0, 0.05) is 25.2 Å². The Morgan fingerprint density at radius 1 is 1.31 bits per heavy atom. The number of likely N-dealkylation sites (N-methyl/N-ethyl adjacent to an activating group) is 1. The van der Waals surface area contributed by atoms with Gasteiger partial charge in [0.05, 0.1) is 0 Å². The molecular weight excluding hydrogens is 202 g/mol. The number of hydrogen-bond donors (Lipinski definition) is 1. The number of carbonyl (C=O) groups is 1. The highest BCUT2D eigenvalue weighted by Gasteiger charge is 2.30. The van der Waals surface area contributed by atoms with E-state index in [0.717, 1.165) is 38.8 Å². The number of carbonyl (C=O) groups excluding carboxylic acids is 1. The van der Waals surface area contributed by atoms with Crippen molar-refractivity contribution in [1.29, 1.82) is 0 Å². The Hall–Kier alpha value is -0.770. The van der Waals surface area contributed by atoms with Gasteiger partial charge < -0.3 is 15.1 Å². The molecule has 4 nitrogen and oxygen atoms in total. The second-order valence-electron chi connectivity index (χ2n) is 5.33. The number of rotatable bonds is 3. The van der Waals surface area contributed by atoms with Crippen molar-refractivity contribution in [2.45, 2.75) is 44.2 Å². The molecule has 1 N–H and O–H groups in total. The number of likely N-dealkylation sites (tertiary alicyclic amines) is 1. The van der Waals surface area contributed by atoms with Crippen molar-refractivity contribution < 1.29 is 4.79 Å². The lowest BCUT2D eigenvalue weighted by Gasteiger charge is -2.32. The topological polar surface area (TPSA) is 35.6 Å². The van der Waals surface area contributed by atoms with Crippen LogP contribution in [0, 0.1) is 0 Å². The van der Waals surface area contributed by atoms with E-state index < -0.39 is 0 Å². The number of hydrogen-bond acceptors (Lipinski definition) is 2. The van der Waals surface area contributed by atoms with E-state index in [1.807, 2.05) is 4.90 Å². The van der Waals surface area contributed by atoms with Crippen LogP contribution in [0.25, 0.3) is 0 Å². The molecule has 0 bridgehead atoms. The average Bonchev–Trinajstić information content (AvgIpc) is 2.58. The molecule has 4 heteroatoms. The average molecular weight is 225 g/mol. The van der Waals surface area contributed by atoms with Crippen LogP contribution in [0.1, 0.15) is 32.1 Å². The van der Waals surface area contributed by atoms with Crippen LogP contribution in [0.4, 0.5) is 4.79 Å². The monoisotopic (exact) mass is 225 g/mol. The molecule has 2 fully saturated rings. The first-order valence-corrected chi connectivity index (χ1v) is 6.38. The van der Waals surface area contributed by atoms with Gasteiger partial charge in [0.1, 0.15) is 0 Å². The van der Waals surface area contributed by atoms with Gasteiger partial charge in [0.25, 0.3) is 0 Å². The molecule has 1 heterocycles. The molecule has 0 aromatic rings. The van der Waals surface area contributed by atoms with Gasteiger partial charge in [-0.15, -0.1) is 0 Å². The highest BCUT2D eigenvalue weighted by Crippen LogP contribution is 2.21. The Balaban J connectivity index is 1.83. The Morgan fingerprint density at radius 3 is 2.62 bits per heavy atom. The van der Waals surface area contributed by atoms with Crippen molar-refractivity contribution in [2.24, 2.45) is 0 Å². The summed E-state index contributed by atoms with van der Waals surface area (Å²) in [5.74, 6) is 0. The van der Waals surface area contributed by atoms with E-state index in [2.05, 4.69) is 24.3 Å². The maximum Gasteiger partial charge on any atom is 0.317 e. The zero-order valence-electron chi connectivity index (χ0n) is 10.4. The largest absolute Gasteiger partial charge is 0.335 e. The third-order valence-electron chi connectivity index (χ3n) is 3.65. The molecule has 1 aliphatic carbocycles. The first-order valence-electron chi connectivity index (χ1n) is 6.38. The Labute approximate surface area is 98.0 Å². The van der Waals surface area contributed by atoms with Crippen LogP contribution in [-0.2, 0) is 0 Å². The van der Waals surface area contributed by atoms with Crippen LogP contribution < -0.4 is 5.32 Å². The first kappa shape index (κ1) is 11.7. The van der Waals surface area contributed by atoms with Crippen LogP contribution in [0.3, 0.4) is 0 Å². The fourth-order valence-electron chi connectivity index (χ4n) is 2.52. The SMILES string of the molecule is CN(C)CC1CCCN1C(=O)NC1CCC1. The fraction of sp³-hybridized carbons (Fsp3) is 0.917. The second kappa shape index (κ2) is 5.04. The highest BCUT2D eigenvalue weighted by atomic mass is 16.2. The third kappa shape index (κ3) is 2.67. The van der Waals surface area contributed by atoms with Crippen molar-refractivity contribution in [1.82, 2.24) is 15.1 Å². The van der Waals surface area contributed by atoms with Gasteiger partial charge in [-0.2, -0.15) is 0 Å². The van der Waals surface area contributed by atoms with Crippen molar-refractivity contribution in [3.05, 3.63) is 0 Å². The predicted molar refractivity (Wildman–Crippen MR) is 64.5 cm³/mol. The minimum atomic E-state index is 0.161. The molecule has 0 aromatic carbocycles. The van der Waals surface area contributed by atoms with Crippen LogP contribution in [-0.4, -0.2) is 55.1 Å². The van der Waals surface area contributed by atoms with Gasteiger partial charge in [-0.05, 0) is 46.2 Å². The van der Waals surface area contributed by atoms with Crippen LogP contribution in [0.2, 0.25) is 0 Å². The summed E-state index contributed by atoms with van der Waals surface area (Å²) in [6.07, 6.45) is 5.90. The van der Waals surface area contributed by atoms with E-state index in [0.29, 0.717) is 12.1 Å². The van der Waals surface area contributed by atoms with Crippen molar-refractivity contribution in [2.75, 3.05) is 27.2 Å². The smallest absolute Gasteiger partial charge is 0.317 e. The highest BCUT2D eigenvalue weighted by molar-refractivity contribution is 5.75. The van der Waals surface area contributed by atoms with Gasteiger partial charge in [0.2, 0.25) is 0 Å². The molecule has 0 radical (unpaired) electrons. The Bertz CT molecular complexity index is 251. The molecule has 1 saturated carbocycles. The molecule has 0 spiro atoms. The number of nitrogens with one attached hydrogen (secondary N) is 1. The predicted octanol–water partition coefficient (Wildman–Crippen LogP) is 1.27. The Kier molecular flexibility index (Phi) is 3.69. The lowest BCUT2D eigenvalue weighted by molar-refractivity contribution is 0.171. The minimum Gasteiger partial charge on any atom is -0.335 e. The molecule has 1 aliphatic heterocycles. The number of urea groups is 1. The first-order chi connectivity index (χ1) is 7.66. The summed E-state index contributed by atoms with van der Waals surface area (Å²) < 4.78 is 0. The van der Waals surface area contributed by atoms with E-state index in [9.17, 15) is 4.79 Å². The summed E-state index contributed by atoms with van der Waals surface area (Å²) in [5.41, 5.74) is 0. The van der Waals surface area contributed by atoms with E-state index in [-0.39, 0.29) is 6.03 Å². The molecule has 16 heavy (non-hydrogen) atoms. The standard InChI is InChI=1S/C12H23N3O/c1-14(2)9-11-7-4-8-15(11)12(16)13-10-5-3-6-10/h10-11H,3-9H2,1-2H3,(H,13,16). The maximum atomic E-state index is 12.0. The van der Waals surface area contributed by atoms with Gasteiger partial charge in [0.15, 0.2) is 0 Å². The van der Waals surface area contributed by atoms with Crippen molar-refractivity contribution in [3.8, 4) is 0 Å². The van der Waals surface area contributed by atoms with Crippen molar-refractivity contribution >= 4 is 6.03 Å². The summed E-state index contributed by atoms with van der Waals surface area (Å²) in [6, 6.07) is 1.03. The van der Waals surface area contributed by atoms with Crippen LogP contribution >= 0.6 is 0 Å². The summed E-state index contributed by atoms with van der Waals surface area (Å²) in [7, 11) is 4.14. The molecule has 0 aromatic heterocycles. The van der Waals surface area contributed by atoms with Gasteiger partial charge in [-0.1, -0.05) is 0 Å². The van der Waals surface area contributed by atoms with Gasteiger partial charge >= 0.3 is 6.03 Å².